The molecule has 5 heteroatoms. The van der Waals surface area contributed by atoms with Crippen molar-refractivity contribution < 1.29 is 9.18 Å². The number of hydrogen-bond donors (Lipinski definition) is 0. The topological polar surface area (TPSA) is 32.7 Å². The van der Waals surface area contributed by atoms with Gasteiger partial charge in [0.2, 0.25) is 0 Å². The summed E-state index contributed by atoms with van der Waals surface area (Å²) in [5, 5.41) is 0.735. The first-order valence-corrected chi connectivity index (χ1v) is 7.76. The number of nitrogens with zero attached hydrogens (tertiary/aromatic N) is 2. The monoisotopic (exact) mass is 306 g/mol. The van der Waals surface area contributed by atoms with Gasteiger partial charge < -0.3 is 0 Å². The van der Waals surface area contributed by atoms with Crippen LogP contribution in [0.4, 0.5) is 4.39 Å². The molecule has 1 heterocycles. The Bertz CT molecular complexity index is 591. The number of aliphatic imine (C=N–C) groups is 1. The van der Waals surface area contributed by atoms with E-state index in [1.165, 1.54) is 23.9 Å². The van der Waals surface area contributed by atoms with Gasteiger partial charge in [-0.15, -0.1) is 0 Å². The molecule has 0 N–H and O–H groups in total. The van der Waals surface area contributed by atoms with Gasteiger partial charge in [-0.25, -0.2) is 4.39 Å². The van der Waals surface area contributed by atoms with Gasteiger partial charge in [0, 0.05) is 12.1 Å². The van der Waals surface area contributed by atoms with Crippen LogP contribution in [0.5, 0.6) is 0 Å². The lowest BCUT2D eigenvalue weighted by atomic mass is 10.2. The summed E-state index contributed by atoms with van der Waals surface area (Å²) >= 11 is 1.38. The number of halogens is 1. The quantitative estimate of drug-likeness (QED) is 0.793. The highest BCUT2D eigenvalue weighted by molar-refractivity contribution is 8.18. The van der Waals surface area contributed by atoms with Crippen molar-refractivity contribution in [3.05, 3.63) is 40.6 Å². The van der Waals surface area contributed by atoms with Crippen LogP contribution in [0.1, 0.15) is 33.3 Å². The van der Waals surface area contributed by atoms with E-state index in [1.54, 1.807) is 23.1 Å². The van der Waals surface area contributed by atoms with Gasteiger partial charge in [-0.2, -0.15) is 0 Å². The number of carbonyl (C=O) groups excluding carboxylic acids is 1. The van der Waals surface area contributed by atoms with Crippen molar-refractivity contribution in [2.24, 2.45) is 4.99 Å². The Hall–Kier alpha value is -1.62. The maximum absolute atomic E-state index is 12.9. The molecule has 0 saturated carbocycles. The van der Waals surface area contributed by atoms with Crippen LogP contribution >= 0.6 is 11.8 Å². The number of benzene rings is 1. The predicted octanol–water partition coefficient (Wildman–Crippen LogP) is 3.91. The molecule has 0 atom stereocenters. The van der Waals surface area contributed by atoms with Crippen molar-refractivity contribution in [3.8, 4) is 0 Å². The fourth-order valence-corrected chi connectivity index (χ4v) is 3.20. The SMILES string of the molecule is CC(C)N=C1S/C(=C/c2ccc(F)cc2)C(=O)N1C(C)C. The lowest BCUT2D eigenvalue weighted by Gasteiger charge is -2.20. The summed E-state index contributed by atoms with van der Waals surface area (Å²) in [6.45, 7) is 7.90. The standard InChI is InChI=1S/C16H19FN2OS/c1-10(2)18-16-19(11(3)4)15(20)14(21-16)9-12-5-7-13(17)8-6-12/h5-11H,1-4H3/b14-9+,18-16?. The minimum atomic E-state index is -0.284. The Morgan fingerprint density at radius 3 is 2.33 bits per heavy atom. The van der Waals surface area contributed by atoms with E-state index in [-0.39, 0.29) is 23.8 Å². The van der Waals surface area contributed by atoms with Crippen LogP contribution in [0.2, 0.25) is 0 Å². The molecule has 1 fully saturated rings. The second-order valence-electron chi connectivity index (χ2n) is 5.44. The zero-order valence-electron chi connectivity index (χ0n) is 12.6. The van der Waals surface area contributed by atoms with E-state index < -0.39 is 0 Å². The van der Waals surface area contributed by atoms with E-state index in [4.69, 9.17) is 0 Å². The fraction of sp³-hybridized carbons (Fsp3) is 0.375. The van der Waals surface area contributed by atoms with Crippen molar-refractivity contribution in [3.63, 3.8) is 0 Å². The minimum absolute atomic E-state index is 0.0428. The number of thioether (sulfide) groups is 1. The summed E-state index contributed by atoms with van der Waals surface area (Å²) in [5.41, 5.74) is 0.807. The third-order valence-corrected chi connectivity index (χ3v) is 3.89. The van der Waals surface area contributed by atoms with Gasteiger partial charge in [0.1, 0.15) is 5.82 Å². The van der Waals surface area contributed by atoms with Crippen molar-refractivity contribution in [2.75, 3.05) is 0 Å². The summed E-state index contributed by atoms with van der Waals surface area (Å²) < 4.78 is 12.9. The van der Waals surface area contributed by atoms with Crippen LogP contribution in [0.3, 0.4) is 0 Å². The van der Waals surface area contributed by atoms with Crippen LogP contribution in [-0.4, -0.2) is 28.1 Å². The molecule has 3 nitrogen and oxygen atoms in total. The molecule has 1 aromatic rings. The Labute approximate surface area is 128 Å². The van der Waals surface area contributed by atoms with E-state index in [1.807, 2.05) is 27.7 Å². The molecule has 21 heavy (non-hydrogen) atoms. The van der Waals surface area contributed by atoms with E-state index in [0.29, 0.717) is 4.91 Å². The molecule has 0 radical (unpaired) electrons. The zero-order valence-corrected chi connectivity index (χ0v) is 13.4. The smallest absolute Gasteiger partial charge is 0.266 e. The molecule has 0 unspecified atom stereocenters. The van der Waals surface area contributed by atoms with Crippen molar-refractivity contribution in [1.82, 2.24) is 4.90 Å². The van der Waals surface area contributed by atoms with Crippen LogP contribution in [0.25, 0.3) is 6.08 Å². The molecular formula is C16H19FN2OS. The summed E-state index contributed by atoms with van der Waals surface area (Å²) in [6.07, 6.45) is 1.78. The second kappa shape index (κ2) is 6.43. The summed E-state index contributed by atoms with van der Waals surface area (Å²) in [4.78, 5) is 19.3. The Balaban J connectivity index is 2.34. The number of hydrogen-bond acceptors (Lipinski definition) is 3. The Morgan fingerprint density at radius 2 is 1.81 bits per heavy atom. The van der Waals surface area contributed by atoms with Gasteiger partial charge in [0.25, 0.3) is 5.91 Å². The molecule has 0 spiro atoms. The van der Waals surface area contributed by atoms with Gasteiger partial charge in [-0.1, -0.05) is 12.1 Å². The summed E-state index contributed by atoms with van der Waals surface area (Å²) in [6, 6.07) is 6.29. The van der Waals surface area contributed by atoms with Crippen LogP contribution in [0, 0.1) is 5.82 Å². The lowest BCUT2D eigenvalue weighted by Crippen LogP contribution is -2.35. The average Bonchev–Trinajstić information content (AvgIpc) is 2.68. The molecule has 0 bridgehead atoms. The molecular weight excluding hydrogens is 287 g/mol. The molecule has 1 aliphatic heterocycles. The van der Waals surface area contributed by atoms with Crippen LogP contribution in [-0.2, 0) is 4.79 Å². The molecule has 1 amide bonds. The van der Waals surface area contributed by atoms with Crippen molar-refractivity contribution in [2.45, 2.75) is 39.8 Å². The number of amides is 1. The minimum Gasteiger partial charge on any atom is -0.284 e. The molecule has 1 aromatic carbocycles. The van der Waals surface area contributed by atoms with E-state index in [9.17, 15) is 9.18 Å². The maximum atomic E-state index is 12.9. The highest BCUT2D eigenvalue weighted by Gasteiger charge is 2.35. The first-order valence-electron chi connectivity index (χ1n) is 6.95. The largest absolute Gasteiger partial charge is 0.284 e. The highest BCUT2D eigenvalue weighted by Crippen LogP contribution is 2.34. The van der Waals surface area contributed by atoms with E-state index in [2.05, 4.69) is 4.99 Å². The number of rotatable bonds is 3. The van der Waals surface area contributed by atoms with Gasteiger partial charge in [-0.05, 0) is 63.2 Å². The maximum Gasteiger partial charge on any atom is 0.266 e. The molecule has 1 aliphatic rings. The molecule has 1 saturated heterocycles. The Morgan fingerprint density at radius 1 is 1.19 bits per heavy atom. The Kier molecular flexibility index (Phi) is 4.83. The van der Waals surface area contributed by atoms with Crippen molar-refractivity contribution in [1.29, 1.82) is 0 Å². The second-order valence-corrected chi connectivity index (χ2v) is 6.45. The zero-order chi connectivity index (χ0) is 15.6. The van der Waals surface area contributed by atoms with Crippen molar-refractivity contribution >= 4 is 28.9 Å². The van der Waals surface area contributed by atoms with Crippen LogP contribution < -0.4 is 0 Å². The van der Waals surface area contributed by atoms with Gasteiger partial charge >= 0.3 is 0 Å². The fourth-order valence-electron chi connectivity index (χ4n) is 1.96. The number of amidine groups is 1. The average molecular weight is 306 g/mol. The normalized spacial score (nSPS) is 19.6. The lowest BCUT2D eigenvalue weighted by molar-refractivity contribution is -0.123. The predicted molar refractivity (Wildman–Crippen MR) is 86.5 cm³/mol. The first kappa shape index (κ1) is 15.8. The molecule has 0 aromatic heterocycles. The first-order chi connectivity index (χ1) is 9.88. The summed E-state index contributed by atoms with van der Waals surface area (Å²) in [5.74, 6) is -0.327. The molecule has 2 rings (SSSR count). The third kappa shape index (κ3) is 3.73. The molecule has 112 valence electrons. The van der Waals surface area contributed by atoms with Gasteiger partial charge in [-0.3, -0.25) is 14.7 Å². The number of carbonyl (C=O) groups is 1. The van der Waals surface area contributed by atoms with Crippen LogP contribution in [0.15, 0.2) is 34.2 Å². The van der Waals surface area contributed by atoms with E-state index in [0.717, 1.165) is 10.7 Å². The van der Waals surface area contributed by atoms with Gasteiger partial charge in [0.15, 0.2) is 5.17 Å². The van der Waals surface area contributed by atoms with E-state index >= 15 is 0 Å². The summed E-state index contributed by atoms with van der Waals surface area (Å²) in [7, 11) is 0. The van der Waals surface area contributed by atoms with Gasteiger partial charge in [0.05, 0.1) is 4.91 Å². The third-order valence-electron chi connectivity index (χ3n) is 2.89. The highest BCUT2D eigenvalue weighted by atomic mass is 32.2. The molecule has 0 aliphatic carbocycles.